The maximum Gasteiger partial charge on any atom is 0.306 e. The first kappa shape index (κ1) is 67.6. The highest BCUT2D eigenvalue weighted by Gasteiger charge is 2.19. The fourth-order valence-corrected chi connectivity index (χ4v) is 8.38. The molecular formula is C65H112O6. The van der Waals surface area contributed by atoms with E-state index in [1.54, 1.807) is 0 Å². The molecule has 0 saturated carbocycles. The van der Waals surface area contributed by atoms with Crippen LogP contribution >= 0.6 is 0 Å². The Labute approximate surface area is 439 Å². The van der Waals surface area contributed by atoms with Gasteiger partial charge < -0.3 is 14.2 Å². The van der Waals surface area contributed by atoms with Gasteiger partial charge in [0.15, 0.2) is 6.10 Å². The lowest BCUT2D eigenvalue weighted by molar-refractivity contribution is -0.167. The molecule has 6 nitrogen and oxygen atoms in total. The van der Waals surface area contributed by atoms with Gasteiger partial charge >= 0.3 is 17.9 Å². The van der Waals surface area contributed by atoms with E-state index in [1.807, 2.05) is 0 Å². The maximum atomic E-state index is 12.8. The van der Waals surface area contributed by atoms with Gasteiger partial charge in [-0.1, -0.05) is 260 Å². The van der Waals surface area contributed by atoms with Gasteiger partial charge in [0.2, 0.25) is 0 Å². The van der Waals surface area contributed by atoms with Crippen molar-refractivity contribution in [1.29, 1.82) is 0 Å². The van der Waals surface area contributed by atoms with Crippen molar-refractivity contribution in [2.75, 3.05) is 13.2 Å². The Hall–Kier alpha value is -3.41. The third-order valence-corrected chi connectivity index (χ3v) is 12.9. The number of carbonyl (C=O) groups is 3. The summed E-state index contributed by atoms with van der Waals surface area (Å²) in [5.41, 5.74) is 0. The summed E-state index contributed by atoms with van der Waals surface area (Å²) in [5, 5.41) is 0. The number of carbonyl (C=O) groups excluding carboxylic acids is 3. The highest BCUT2D eigenvalue weighted by Crippen LogP contribution is 2.15. The summed E-state index contributed by atoms with van der Waals surface area (Å²) in [6.07, 6.45) is 77.2. The lowest BCUT2D eigenvalue weighted by Gasteiger charge is -2.18. The molecular weight excluding hydrogens is 877 g/mol. The summed E-state index contributed by atoms with van der Waals surface area (Å²) >= 11 is 0. The quantitative estimate of drug-likeness (QED) is 0.0261. The normalized spacial score (nSPS) is 12.7. The summed E-state index contributed by atoms with van der Waals surface area (Å²) in [5.74, 6) is -0.907. The summed E-state index contributed by atoms with van der Waals surface area (Å²) in [6.45, 7) is 6.50. The van der Waals surface area contributed by atoms with E-state index in [1.165, 1.54) is 141 Å². The van der Waals surface area contributed by atoms with E-state index in [0.29, 0.717) is 19.3 Å². The summed E-state index contributed by atoms with van der Waals surface area (Å²) < 4.78 is 16.9. The molecule has 0 aromatic heterocycles. The van der Waals surface area contributed by atoms with Gasteiger partial charge in [-0.15, -0.1) is 0 Å². The largest absolute Gasteiger partial charge is 0.462 e. The number of hydrogen-bond donors (Lipinski definition) is 0. The Morgan fingerprint density at radius 3 is 0.859 bits per heavy atom. The van der Waals surface area contributed by atoms with E-state index in [4.69, 9.17) is 14.2 Å². The monoisotopic (exact) mass is 989 g/mol. The van der Waals surface area contributed by atoms with Crippen molar-refractivity contribution in [2.45, 2.75) is 297 Å². The smallest absolute Gasteiger partial charge is 0.306 e. The highest BCUT2D eigenvalue weighted by molar-refractivity contribution is 5.71. The number of allylic oxidation sites excluding steroid dienone is 14. The van der Waals surface area contributed by atoms with Crippen molar-refractivity contribution in [3.8, 4) is 0 Å². The van der Waals surface area contributed by atoms with Gasteiger partial charge in [-0.2, -0.15) is 0 Å². The van der Waals surface area contributed by atoms with Gasteiger partial charge in [-0.25, -0.2) is 0 Å². The molecule has 0 aliphatic carbocycles. The molecule has 0 saturated heterocycles. The third kappa shape index (κ3) is 57.4. The summed E-state index contributed by atoms with van der Waals surface area (Å²) in [4.78, 5) is 38.2. The molecule has 0 aromatic carbocycles. The summed E-state index contributed by atoms with van der Waals surface area (Å²) in [7, 11) is 0. The van der Waals surface area contributed by atoms with Crippen LogP contribution in [0, 0.1) is 0 Å². The first-order valence-corrected chi connectivity index (χ1v) is 30.1. The third-order valence-electron chi connectivity index (χ3n) is 12.9. The van der Waals surface area contributed by atoms with Crippen molar-refractivity contribution in [3.05, 3.63) is 85.1 Å². The van der Waals surface area contributed by atoms with Crippen LogP contribution < -0.4 is 0 Å². The lowest BCUT2D eigenvalue weighted by Crippen LogP contribution is -2.30. The van der Waals surface area contributed by atoms with Crippen LogP contribution in [-0.4, -0.2) is 37.2 Å². The van der Waals surface area contributed by atoms with Gasteiger partial charge in [-0.05, 0) is 96.3 Å². The maximum absolute atomic E-state index is 12.8. The molecule has 408 valence electrons. The number of ether oxygens (including phenoxy) is 3. The van der Waals surface area contributed by atoms with E-state index in [-0.39, 0.29) is 31.1 Å². The van der Waals surface area contributed by atoms with E-state index < -0.39 is 6.10 Å². The topological polar surface area (TPSA) is 78.9 Å². The highest BCUT2D eigenvalue weighted by atomic mass is 16.6. The zero-order valence-electron chi connectivity index (χ0n) is 46.7. The summed E-state index contributed by atoms with van der Waals surface area (Å²) in [6, 6.07) is 0. The van der Waals surface area contributed by atoms with Gasteiger partial charge in [0.25, 0.3) is 0 Å². The average molecular weight is 990 g/mol. The average Bonchev–Trinajstić information content (AvgIpc) is 3.37. The predicted octanol–water partition coefficient (Wildman–Crippen LogP) is 20.3. The Kier molecular flexibility index (Phi) is 56.3. The number of rotatable bonds is 54. The molecule has 1 atom stereocenters. The second-order valence-corrected chi connectivity index (χ2v) is 19.9. The fraction of sp³-hybridized carbons (Fsp3) is 0.738. The minimum absolute atomic E-state index is 0.0859. The molecule has 71 heavy (non-hydrogen) atoms. The van der Waals surface area contributed by atoms with Crippen LogP contribution in [0.5, 0.6) is 0 Å². The molecule has 0 fully saturated rings. The molecule has 0 rings (SSSR count). The molecule has 0 amide bonds. The van der Waals surface area contributed by atoms with Crippen molar-refractivity contribution < 1.29 is 28.6 Å². The van der Waals surface area contributed by atoms with Crippen molar-refractivity contribution >= 4 is 17.9 Å². The molecule has 6 heteroatoms. The number of esters is 3. The lowest BCUT2D eigenvalue weighted by atomic mass is 10.1. The molecule has 0 bridgehead atoms. The minimum atomic E-state index is -0.790. The number of unbranched alkanes of at least 4 members (excludes halogenated alkanes) is 29. The number of hydrogen-bond acceptors (Lipinski definition) is 6. The molecule has 0 N–H and O–H groups in total. The minimum Gasteiger partial charge on any atom is -0.462 e. The molecule has 1 unspecified atom stereocenters. The van der Waals surface area contributed by atoms with Gasteiger partial charge in [-0.3, -0.25) is 14.4 Å². The Balaban J connectivity index is 4.31. The van der Waals surface area contributed by atoms with Crippen LogP contribution in [-0.2, 0) is 28.6 Å². The van der Waals surface area contributed by atoms with E-state index in [9.17, 15) is 14.4 Å². The molecule has 0 radical (unpaired) electrons. The van der Waals surface area contributed by atoms with Crippen molar-refractivity contribution in [3.63, 3.8) is 0 Å². The molecule has 0 aliphatic heterocycles. The van der Waals surface area contributed by atoms with Crippen LogP contribution in [0.1, 0.15) is 290 Å². The molecule has 0 aromatic rings. The zero-order valence-corrected chi connectivity index (χ0v) is 46.7. The SMILES string of the molecule is CC/C=C\C/C=C\C/C=C\C/C=C\CCCCCCC(=O)OC(COC(=O)CCCCCCCCCCCCC)COC(=O)CCCCCCCCCCCC/C=C\C/C=C\C/C=C\CCCCCCC. The van der Waals surface area contributed by atoms with Gasteiger partial charge in [0, 0.05) is 19.3 Å². The van der Waals surface area contributed by atoms with Gasteiger partial charge in [0.1, 0.15) is 13.2 Å². The van der Waals surface area contributed by atoms with Crippen LogP contribution in [0.25, 0.3) is 0 Å². The first-order valence-electron chi connectivity index (χ1n) is 30.1. The first-order chi connectivity index (χ1) is 35.0. The van der Waals surface area contributed by atoms with E-state index >= 15 is 0 Å². The Bertz CT molecular complexity index is 1370. The Morgan fingerprint density at radius 2 is 0.549 bits per heavy atom. The van der Waals surface area contributed by atoms with Crippen LogP contribution in [0.4, 0.5) is 0 Å². The second-order valence-electron chi connectivity index (χ2n) is 19.9. The van der Waals surface area contributed by atoms with Crippen molar-refractivity contribution in [1.82, 2.24) is 0 Å². The fourth-order valence-electron chi connectivity index (χ4n) is 8.38. The standard InChI is InChI=1S/C65H112O6/c1-4-7-10-13-16-19-22-24-26-28-29-30-31-32-33-34-35-37-38-40-43-46-49-52-55-58-64(67)70-61-62(60-69-63(66)57-54-51-48-45-42-21-18-15-12-9-6-3)71-65(68)59-56-53-50-47-44-41-39-36-27-25-23-20-17-14-11-8-5-2/h8,11,17,20,22,24-25,27-29,31-32,39,41,62H,4-7,9-10,12-16,18-19,21,23,26,30,33-38,40,42-61H2,1-3H3/b11-8-,20-17-,24-22-,27-25-,29-28-,32-31-,41-39-. The van der Waals surface area contributed by atoms with E-state index in [2.05, 4.69) is 106 Å². The van der Waals surface area contributed by atoms with Crippen LogP contribution in [0.2, 0.25) is 0 Å². The van der Waals surface area contributed by atoms with E-state index in [0.717, 1.165) is 109 Å². The zero-order chi connectivity index (χ0) is 51.4. The van der Waals surface area contributed by atoms with Gasteiger partial charge in [0.05, 0.1) is 0 Å². The predicted molar refractivity (Wildman–Crippen MR) is 307 cm³/mol. The molecule has 0 aliphatic rings. The molecule has 0 spiro atoms. The van der Waals surface area contributed by atoms with Crippen molar-refractivity contribution in [2.24, 2.45) is 0 Å². The van der Waals surface area contributed by atoms with Crippen LogP contribution in [0.3, 0.4) is 0 Å². The van der Waals surface area contributed by atoms with Crippen LogP contribution in [0.15, 0.2) is 85.1 Å². The second kappa shape index (κ2) is 59.2. The molecule has 0 heterocycles. The Morgan fingerprint density at radius 1 is 0.296 bits per heavy atom.